The second-order valence-electron chi connectivity index (χ2n) is 8.56. The highest BCUT2D eigenvalue weighted by Gasteiger charge is 2.33. The Morgan fingerprint density at radius 3 is 2.38 bits per heavy atom. The van der Waals surface area contributed by atoms with Gasteiger partial charge in [0.25, 0.3) is 5.91 Å². The molecule has 0 unspecified atom stereocenters. The molecule has 0 bridgehead atoms. The van der Waals surface area contributed by atoms with E-state index in [0.717, 1.165) is 11.6 Å². The van der Waals surface area contributed by atoms with Crippen molar-refractivity contribution in [3.8, 4) is 23.0 Å². The van der Waals surface area contributed by atoms with Gasteiger partial charge in [0, 0.05) is 22.2 Å². The van der Waals surface area contributed by atoms with Gasteiger partial charge in [0.15, 0.2) is 11.5 Å². The van der Waals surface area contributed by atoms with Gasteiger partial charge >= 0.3 is 11.9 Å². The summed E-state index contributed by atoms with van der Waals surface area (Å²) in [6.07, 6.45) is -3.61. The highest BCUT2D eigenvalue weighted by Crippen LogP contribution is 2.38. The molecule has 4 aromatic carbocycles. The number of hydrogen-bond acceptors (Lipinski definition) is 7. The van der Waals surface area contributed by atoms with Gasteiger partial charge in [-0.2, -0.15) is 18.3 Å². The molecule has 4 aromatic rings. The highest BCUT2D eigenvalue weighted by molar-refractivity contribution is 6.30. The number of nitro groups is 1. The molecule has 0 fully saturated rings. The lowest BCUT2D eigenvalue weighted by atomic mass is 10.1. The van der Waals surface area contributed by atoms with Crippen molar-refractivity contribution in [2.75, 3.05) is 7.11 Å². The first-order valence-corrected chi connectivity index (χ1v) is 12.4. The predicted molar refractivity (Wildman–Crippen MR) is 148 cm³/mol. The second-order valence-corrected chi connectivity index (χ2v) is 9.00. The number of alkyl halides is 3. The van der Waals surface area contributed by atoms with E-state index >= 15 is 0 Å². The third kappa shape index (κ3) is 7.55. The Hall–Kier alpha value is -5.10. The summed E-state index contributed by atoms with van der Waals surface area (Å²) in [6.45, 7) is 0.298. The number of nitro benzene ring substituents is 1. The minimum Gasteiger partial charge on any atom is -0.493 e. The highest BCUT2D eigenvalue weighted by atomic mass is 35.5. The lowest BCUT2D eigenvalue weighted by Crippen LogP contribution is -2.17. The van der Waals surface area contributed by atoms with Crippen LogP contribution in [0.1, 0.15) is 27.0 Å². The standard InChI is InChI=1S/C29H21ClF3N3O6/c1-40-27-14-19(7-10-26(27)41-17-18-5-3-2-4-6-18)28(37)35-34-16-20-13-22(30)9-12-24(20)42-25-11-8-21(29(31,32)33)15-23(25)36(38)39/h2-16H,17H2,1H3,(H,35,37)/b34-16+. The monoisotopic (exact) mass is 599 g/mol. The van der Waals surface area contributed by atoms with E-state index < -0.39 is 34.0 Å². The van der Waals surface area contributed by atoms with Gasteiger partial charge in [0.2, 0.25) is 5.75 Å². The molecule has 0 aromatic heterocycles. The number of amides is 1. The molecule has 13 heteroatoms. The van der Waals surface area contributed by atoms with E-state index in [9.17, 15) is 28.1 Å². The van der Waals surface area contributed by atoms with Crippen molar-refractivity contribution in [3.63, 3.8) is 0 Å². The molecule has 0 saturated carbocycles. The SMILES string of the molecule is COc1cc(C(=O)N/N=C/c2cc(Cl)ccc2Oc2ccc(C(F)(F)F)cc2[N+](=O)[O-])ccc1OCc1ccccc1. The van der Waals surface area contributed by atoms with Gasteiger partial charge in [-0.25, -0.2) is 5.43 Å². The minimum absolute atomic E-state index is 0.0122. The van der Waals surface area contributed by atoms with Crippen LogP contribution in [0.25, 0.3) is 0 Å². The van der Waals surface area contributed by atoms with E-state index in [-0.39, 0.29) is 21.9 Å². The Labute approximate surface area is 242 Å². The largest absolute Gasteiger partial charge is 0.493 e. The fourth-order valence-corrected chi connectivity index (χ4v) is 3.82. The van der Waals surface area contributed by atoms with E-state index in [1.165, 1.54) is 43.7 Å². The van der Waals surface area contributed by atoms with Gasteiger partial charge in [-0.15, -0.1) is 0 Å². The molecule has 216 valence electrons. The van der Waals surface area contributed by atoms with Gasteiger partial charge in [0.1, 0.15) is 12.4 Å². The molecule has 1 N–H and O–H groups in total. The molecule has 0 heterocycles. The summed E-state index contributed by atoms with van der Waals surface area (Å²) in [6, 6.07) is 20.1. The Kier molecular flexibility index (Phi) is 9.28. The Balaban J connectivity index is 1.49. The number of hydrazone groups is 1. The number of nitrogens with one attached hydrogen (secondary N) is 1. The fraction of sp³-hybridized carbons (Fsp3) is 0.103. The molecular weight excluding hydrogens is 579 g/mol. The summed E-state index contributed by atoms with van der Waals surface area (Å²) in [4.78, 5) is 23.2. The first-order valence-electron chi connectivity index (χ1n) is 12.1. The molecule has 0 aliphatic rings. The average molecular weight is 600 g/mol. The lowest BCUT2D eigenvalue weighted by Gasteiger charge is -2.12. The molecular formula is C29H21ClF3N3O6. The Bertz CT molecular complexity index is 1630. The zero-order chi connectivity index (χ0) is 30.3. The van der Waals surface area contributed by atoms with Crippen molar-refractivity contribution in [3.05, 3.63) is 122 Å². The van der Waals surface area contributed by atoms with Gasteiger partial charge in [-0.1, -0.05) is 41.9 Å². The van der Waals surface area contributed by atoms with Crippen LogP contribution in [0.4, 0.5) is 18.9 Å². The second kappa shape index (κ2) is 13.0. The maximum absolute atomic E-state index is 13.0. The van der Waals surface area contributed by atoms with Crippen LogP contribution >= 0.6 is 11.6 Å². The lowest BCUT2D eigenvalue weighted by molar-refractivity contribution is -0.385. The zero-order valence-electron chi connectivity index (χ0n) is 21.7. The molecule has 0 saturated heterocycles. The number of benzene rings is 4. The molecule has 9 nitrogen and oxygen atoms in total. The van der Waals surface area contributed by atoms with Crippen molar-refractivity contribution in [2.45, 2.75) is 12.8 Å². The van der Waals surface area contributed by atoms with Crippen LogP contribution < -0.4 is 19.6 Å². The number of nitrogens with zero attached hydrogens (tertiary/aromatic N) is 2. The number of halogens is 4. The van der Waals surface area contributed by atoms with Crippen molar-refractivity contribution in [2.24, 2.45) is 5.10 Å². The van der Waals surface area contributed by atoms with Crippen LogP contribution in [0.15, 0.2) is 90.0 Å². The van der Waals surface area contributed by atoms with Gasteiger partial charge in [0.05, 0.1) is 23.8 Å². The Morgan fingerprint density at radius 1 is 0.976 bits per heavy atom. The number of carbonyl (C=O) groups excluding carboxylic acids is 1. The van der Waals surface area contributed by atoms with E-state index in [0.29, 0.717) is 30.2 Å². The van der Waals surface area contributed by atoms with E-state index in [1.54, 1.807) is 6.07 Å². The quantitative estimate of drug-likeness (QED) is 0.115. The first kappa shape index (κ1) is 29.9. The van der Waals surface area contributed by atoms with Crippen molar-refractivity contribution in [1.29, 1.82) is 0 Å². The zero-order valence-corrected chi connectivity index (χ0v) is 22.5. The third-order valence-corrected chi connectivity index (χ3v) is 5.94. The molecule has 0 aliphatic heterocycles. The van der Waals surface area contributed by atoms with Crippen molar-refractivity contribution >= 4 is 29.4 Å². The summed E-state index contributed by atoms with van der Waals surface area (Å²) in [5.74, 6) is -0.287. The minimum atomic E-state index is -4.78. The summed E-state index contributed by atoms with van der Waals surface area (Å²) in [5.41, 5.74) is 1.59. The maximum atomic E-state index is 13.0. The smallest absolute Gasteiger partial charge is 0.416 e. The normalized spacial score (nSPS) is 11.3. The number of carbonyl (C=O) groups is 1. The number of ether oxygens (including phenoxy) is 3. The number of rotatable bonds is 10. The van der Waals surface area contributed by atoms with Crippen LogP contribution in [0.3, 0.4) is 0 Å². The summed E-state index contributed by atoms with van der Waals surface area (Å²) >= 11 is 6.06. The molecule has 0 radical (unpaired) electrons. The van der Waals surface area contributed by atoms with Crippen LogP contribution in [0.2, 0.25) is 5.02 Å². The Morgan fingerprint density at radius 2 is 1.69 bits per heavy atom. The van der Waals surface area contributed by atoms with E-state index in [2.05, 4.69) is 10.5 Å². The van der Waals surface area contributed by atoms with Crippen LogP contribution in [-0.4, -0.2) is 24.2 Å². The topological polar surface area (TPSA) is 112 Å². The molecule has 0 atom stereocenters. The molecule has 1 amide bonds. The molecule has 42 heavy (non-hydrogen) atoms. The van der Waals surface area contributed by atoms with Crippen LogP contribution in [0, 0.1) is 10.1 Å². The average Bonchev–Trinajstić information content (AvgIpc) is 2.97. The predicted octanol–water partition coefficient (Wildman–Crippen LogP) is 7.41. The van der Waals surface area contributed by atoms with Crippen LogP contribution in [-0.2, 0) is 12.8 Å². The summed E-state index contributed by atoms with van der Waals surface area (Å²) < 4.78 is 55.8. The van der Waals surface area contributed by atoms with Crippen molar-refractivity contribution < 1.29 is 37.1 Å². The summed E-state index contributed by atoms with van der Waals surface area (Å²) in [5, 5.41) is 15.6. The van der Waals surface area contributed by atoms with Crippen LogP contribution in [0.5, 0.6) is 23.0 Å². The molecule has 0 spiro atoms. The molecule has 4 rings (SSSR count). The maximum Gasteiger partial charge on any atom is 0.416 e. The number of hydrogen-bond donors (Lipinski definition) is 1. The first-order chi connectivity index (χ1) is 20.0. The number of methoxy groups -OCH3 is 1. The molecule has 0 aliphatic carbocycles. The van der Waals surface area contributed by atoms with Gasteiger partial charge in [-0.05, 0) is 54.1 Å². The fourth-order valence-electron chi connectivity index (χ4n) is 3.64. The summed E-state index contributed by atoms with van der Waals surface area (Å²) in [7, 11) is 1.44. The van der Waals surface area contributed by atoms with Gasteiger partial charge < -0.3 is 14.2 Å². The van der Waals surface area contributed by atoms with E-state index in [1.807, 2.05) is 30.3 Å². The third-order valence-electron chi connectivity index (χ3n) is 5.71. The van der Waals surface area contributed by atoms with Crippen molar-refractivity contribution in [1.82, 2.24) is 5.43 Å². The van der Waals surface area contributed by atoms with E-state index in [4.69, 9.17) is 25.8 Å². The van der Waals surface area contributed by atoms with Gasteiger partial charge in [-0.3, -0.25) is 14.9 Å².